The van der Waals surface area contributed by atoms with Crippen LogP contribution in [0, 0.1) is 6.92 Å². The highest BCUT2D eigenvalue weighted by atomic mass is 127. The maximum Gasteiger partial charge on any atom is 0.191 e. The van der Waals surface area contributed by atoms with E-state index >= 15 is 0 Å². The number of aromatic nitrogens is 3. The number of nitrogens with zero attached hydrogens (tertiary/aromatic N) is 5. The number of benzene rings is 1. The van der Waals surface area contributed by atoms with Gasteiger partial charge in [0.15, 0.2) is 23.3 Å². The normalized spacial score (nSPS) is 14.5. The zero-order valence-corrected chi connectivity index (χ0v) is 22.3. The molecule has 1 aliphatic heterocycles. The van der Waals surface area contributed by atoms with E-state index in [1.165, 1.54) is 0 Å². The number of ether oxygens (including phenoxy) is 3. The largest absolute Gasteiger partial charge is 0.493 e. The molecule has 2 N–H and O–H groups in total. The molecule has 0 aliphatic carbocycles. The number of aryl methyl sites for hydroxylation is 1. The summed E-state index contributed by atoms with van der Waals surface area (Å²) in [7, 11) is 5.25. The van der Waals surface area contributed by atoms with Crippen molar-refractivity contribution < 1.29 is 14.2 Å². The van der Waals surface area contributed by atoms with Crippen LogP contribution in [0.15, 0.2) is 23.2 Å². The highest BCUT2D eigenvalue weighted by Crippen LogP contribution is 2.27. The average molecular weight is 573 g/mol. The summed E-state index contributed by atoms with van der Waals surface area (Å²) in [5, 5.41) is 15.2. The lowest BCUT2D eigenvalue weighted by Crippen LogP contribution is -2.44. The molecule has 1 aromatic carbocycles. The van der Waals surface area contributed by atoms with Crippen LogP contribution in [-0.4, -0.2) is 85.8 Å². The van der Waals surface area contributed by atoms with Crippen LogP contribution in [0.1, 0.15) is 17.2 Å². The van der Waals surface area contributed by atoms with Gasteiger partial charge in [0.1, 0.15) is 12.4 Å². The first-order valence-corrected chi connectivity index (χ1v) is 11.0. The summed E-state index contributed by atoms with van der Waals surface area (Å²) in [6.07, 6.45) is 0.827. The van der Waals surface area contributed by atoms with E-state index in [9.17, 15) is 0 Å². The Morgan fingerprint density at radius 1 is 1.09 bits per heavy atom. The van der Waals surface area contributed by atoms with E-state index in [0.717, 1.165) is 87.0 Å². The van der Waals surface area contributed by atoms with Gasteiger partial charge in [-0.25, -0.2) is 4.99 Å². The van der Waals surface area contributed by atoms with Gasteiger partial charge in [-0.15, -0.1) is 34.2 Å². The molecule has 2 heterocycles. The molecule has 0 unspecified atom stereocenters. The van der Waals surface area contributed by atoms with Gasteiger partial charge in [-0.05, 0) is 31.0 Å². The fraction of sp³-hybridized carbons (Fsp3) is 0.591. The topological polar surface area (TPSA) is 98.1 Å². The minimum absolute atomic E-state index is 0. The van der Waals surface area contributed by atoms with E-state index in [0.29, 0.717) is 6.54 Å². The van der Waals surface area contributed by atoms with E-state index in [1.54, 1.807) is 14.2 Å². The van der Waals surface area contributed by atoms with Crippen molar-refractivity contribution in [3.63, 3.8) is 0 Å². The third-order valence-electron chi connectivity index (χ3n) is 5.54. The maximum atomic E-state index is 5.42. The van der Waals surface area contributed by atoms with Gasteiger partial charge in [0.2, 0.25) is 0 Å². The monoisotopic (exact) mass is 573 g/mol. The van der Waals surface area contributed by atoms with Crippen LogP contribution in [0.25, 0.3) is 0 Å². The second-order valence-electron chi connectivity index (χ2n) is 7.63. The summed E-state index contributed by atoms with van der Waals surface area (Å²) in [5.74, 6) is 3.94. The Morgan fingerprint density at radius 2 is 1.82 bits per heavy atom. The van der Waals surface area contributed by atoms with Gasteiger partial charge in [0.25, 0.3) is 0 Å². The maximum absolute atomic E-state index is 5.42. The first-order valence-electron chi connectivity index (χ1n) is 11.0. The van der Waals surface area contributed by atoms with E-state index in [4.69, 9.17) is 19.2 Å². The molecule has 0 saturated carbocycles. The van der Waals surface area contributed by atoms with Gasteiger partial charge in [0.05, 0.1) is 27.4 Å². The minimum atomic E-state index is 0. The summed E-state index contributed by atoms with van der Waals surface area (Å²) in [4.78, 5) is 7.12. The first kappa shape index (κ1) is 27.1. The molecule has 2 aromatic rings. The lowest BCUT2D eigenvalue weighted by molar-refractivity contribution is 0.0389. The molecule has 1 aromatic heterocycles. The third-order valence-corrected chi connectivity index (χ3v) is 5.54. The highest BCUT2D eigenvalue weighted by Gasteiger charge is 2.11. The number of hydrogen-bond acceptors (Lipinski definition) is 7. The van der Waals surface area contributed by atoms with Crippen LogP contribution >= 0.6 is 24.0 Å². The standard InChI is InChI=1S/C22H35N7O3.HI/c1-17-26-27-21(28(17)2)16-25-22(24-9-10-29-11-13-32-14-12-29)23-8-7-18-5-6-19(30-3)20(15-18)31-4;/h5-6,15H,7-14,16H2,1-4H3,(H2,23,24,25);1H. The summed E-state index contributed by atoms with van der Waals surface area (Å²) in [6, 6.07) is 5.99. The zero-order chi connectivity index (χ0) is 22.8. The summed E-state index contributed by atoms with van der Waals surface area (Å²) in [5.41, 5.74) is 1.16. The van der Waals surface area contributed by atoms with Gasteiger partial charge in [0, 0.05) is 39.8 Å². The minimum Gasteiger partial charge on any atom is -0.493 e. The first-order chi connectivity index (χ1) is 15.6. The molecular weight excluding hydrogens is 537 g/mol. The number of guanidine groups is 1. The van der Waals surface area contributed by atoms with Crippen LogP contribution < -0.4 is 20.1 Å². The number of methoxy groups -OCH3 is 2. The van der Waals surface area contributed by atoms with Crippen LogP contribution in [0.5, 0.6) is 11.5 Å². The molecule has 33 heavy (non-hydrogen) atoms. The van der Waals surface area contributed by atoms with Gasteiger partial charge >= 0.3 is 0 Å². The fourth-order valence-electron chi connectivity index (χ4n) is 3.43. The molecule has 184 valence electrons. The Morgan fingerprint density at radius 3 is 2.48 bits per heavy atom. The average Bonchev–Trinajstić information content (AvgIpc) is 3.15. The molecule has 0 spiro atoms. The van der Waals surface area contributed by atoms with Crippen molar-refractivity contribution in [3.05, 3.63) is 35.4 Å². The van der Waals surface area contributed by atoms with Crippen LogP contribution in [0.3, 0.4) is 0 Å². The molecule has 1 aliphatic rings. The molecular formula is C22H36IN7O3. The van der Waals surface area contributed by atoms with Crippen molar-refractivity contribution in [2.45, 2.75) is 19.9 Å². The van der Waals surface area contributed by atoms with Crippen molar-refractivity contribution in [3.8, 4) is 11.5 Å². The molecule has 0 bridgehead atoms. The highest BCUT2D eigenvalue weighted by molar-refractivity contribution is 14.0. The SMILES string of the molecule is COc1ccc(CCNC(=NCc2nnc(C)n2C)NCCN2CCOCC2)cc1OC.I. The van der Waals surface area contributed by atoms with Gasteiger partial charge < -0.3 is 29.4 Å². The number of morpholine rings is 1. The predicted molar refractivity (Wildman–Crippen MR) is 139 cm³/mol. The Labute approximate surface area is 213 Å². The molecule has 0 atom stereocenters. The van der Waals surface area contributed by atoms with Crippen molar-refractivity contribution >= 4 is 29.9 Å². The van der Waals surface area contributed by atoms with Crippen molar-refractivity contribution in [2.24, 2.45) is 12.0 Å². The lowest BCUT2D eigenvalue weighted by Gasteiger charge is -2.26. The molecule has 3 rings (SSSR count). The Kier molecular flexibility index (Phi) is 11.7. The fourth-order valence-corrected chi connectivity index (χ4v) is 3.43. The van der Waals surface area contributed by atoms with Crippen molar-refractivity contribution in [1.29, 1.82) is 0 Å². The van der Waals surface area contributed by atoms with Crippen LogP contribution in [0.2, 0.25) is 0 Å². The smallest absolute Gasteiger partial charge is 0.191 e. The third kappa shape index (κ3) is 8.31. The van der Waals surface area contributed by atoms with E-state index < -0.39 is 0 Å². The Hall–Kier alpha value is -2.12. The van der Waals surface area contributed by atoms with E-state index in [1.807, 2.05) is 36.7 Å². The van der Waals surface area contributed by atoms with E-state index in [2.05, 4.69) is 25.7 Å². The Bertz CT molecular complexity index is 885. The van der Waals surface area contributed by atoms with Crippen LogP contribution in [-0.2, 0) is 24.8 Å². The molecule has 1 fully saturated rings. The summed E-state index contributed by atoms with van der Waals surface area (Å²) < 4.78 is 18.1. The van der Waals surface area contributed by atoms with Gasteiger partial charge in [-0.2, -0.15) is 0 Å². The van der Waals surface area contributed by atoms with Gasteiger partial charge in [-0.3, -0.25) is 4.90 Å². The predicted octanol–water partition coefficient (Wildman–Crippen LogP) is 1.37. The van der Waals surface area contributed by atoms with Crippen molar-refractivity contribution in [2.75, 3.05) is 60.2 Å². The lowest BCUT2D eigenvalue weighted by atomic mass is 10.1. The number of halogens is 1. The van der Waals surface area contributed by atoms with Crippen molar-refractivity contribution in [1.82, 2.24) is 30.3 Å². The van der Waals surface area contributed by atoms with Gasteiger partial charge in [-0.1, -0.05) is 6.07 Å². The number of nitrogens with one attached hydrogen (secondary N) is 2. The molecule has 0 radical (unpaired) electrons. The summed E-state index contributed by atoms with van der Waals surface area (Å²) >= 11 is 0. The van der Waals surface area contributed by atoms with E-state index in [-0.39, 0.29) is 24.0 Å². The molecule has 11 heteroatoms. The quantitative estimate of drug-likeness (QED) is 0.250. The molecule has 10 nitrogen and oxygen atoms in total. The van der Waals surface area contributed by atoms with Crippen LogP contribution in [0.4, 0.5) is 0 Å². The number of aliphatic imine (C=N–C) groups is 1. The summed E-state index contributed by atoms with van der Waals surface area (Å²) in [6.45, 7) is 8.42. The molecule has 1 saturated heterocycles. The second kappa shape index (κ2) is 14.2. The Balaban J connectivity index is 0.00000385. The molecule has 0 amide bonds. The second-order valence-corrected chi connectivity index (χ2v) is 7.63. The number of hydrogen-bond donors (Lipinski definition) is 2. The number of rotatable bonds is 10. The zero-order valence-electron chi connectivity index (χ0n) is 20.0.